The number of nitrogens with zero attached hydrogens (tertiary/aromatic N) is 5. The Morgan fingerprint density at radius 2 is 1.83 bits per heavy atom. The van der Waals surface area contributed by atoms with Crippen molar-refractivity contribution in [2.45, 2.75) is 43.3 Å². The number of fused-ring (bicyclic) bond motifs is 5. The third-order valence-electron chi connectivity index (χ3n) is 9.34. The summed E-state index contributed by atoms with van der Waals surface area (Å²) < 4.78 is 37.9. The van der Waals surface area contributed by atoms with Gasteiger partial charge in [-0.1, -0.05) is 22.9 Å². The summed E-state index contributed by atoms with van der Waals surface area (Å²) >= 11 is 7.84. The average molecular weight is 613 g/mol. The monoisotopic (exact) mass is 612 g/mol. The molecule has 8 rings (SSSR count). The van der Waals surface area contributed by atoms with Gasteiger partial charge in [-0.25, -0.2) is 13.8 Å². The van der Waals surface area contributed by atoms with Gasteiger partial charge in [-0.3, -0.25) is 4.90 Å². The number of piperazine rings is 2. The molecule has 0 saturated carbocycles. The van der Waals surface area contributed by atoms with E-state index in [9.17, 15) is 4.39 Å². The number of benzene rings is 2. The van der Waals surface area contributed by atoms with E-state index in [0.29, 0.717) is 36.5 Å². The molecule has 4 aliphatic rings. The number of hydrogen-bond acceptors (Lipinski definition) is 10. The number of anilines is 2. The fourth-order valence-electron chi connectivity index (χ4n) is 7.46. The molecule has 4 N–H and O–H groups in total. The third kappa shape index (κ3) is 4.29. The number of aromatic nitrogens is 3. The summed E-state index contributed by atoms with van der Waals surface area (Å²) in [5.41, 5.74) is 6.76. The maximum atomic E-state index is 16.7. The lowest BCUT2D eigenvalue weighted by Gasteiger charge is -2.43. The SMILES string of the molecule is Nc1nc2c(-c3c(Cl)cc4c(N5CC6CNCC(C5)N6)nc(OCC56CCCN5CCC6)nc4c3F)ccc(F)c2s1. The Kier molecular flexibility index (Phi) is 6.41. The van der Waals surface area contributed by atoms with Gasteiger partial charge in [0, 0.05) is 54.8 Å². The van der Waals surface area contributed by atoms with Crippen LogP contribution in [0.1, 0.15) is 25.7 Å². The van der Waals surface area contributed by atoms with Gasteiger partial charge in [0.25, 0.3) is 0 Å². The lowest BCUT2D eigenvalue weighted by atomic mass is 9.95. The van der Waals surface area contributed by atoms with Crippen molar-refractivity contribution in [3.05, 3.63) is 34.9 Å². The minimum Gasteiger partial charge on any atom is -0.461 e. The summed E-state index contributed by atoms with van der Waals surface area (Å²) in [4.78, 5) is 18.5. The molecule has 4 fully saturated rings. The van der Waals surface area contributed by atoms with Crippen molar-refractivity contribution >= 4 is 55.0 Å². The molecule has 13 heteroatoms. The van der Waals surface area contributed by atoms with E-state index in [4.69, 9.17) is 27.1 Å². The number of nitrogens with two attached hydrogens (primary N) is 1. The molecule has 2 aromatic heterocycles. The summed E-state index contributed by atoms with van der Waals surface area (Å²) in [5, 5.41) is 7.99. The largest absolute Gasteiger partial charge is 0.461 e. The topological polar surface area (TPSA) is 104 Å². The van der Waals surface area contributed by atoms with Gasteiger partial charge in [0.2, 0.25) is 0 Å². The summed E-state index contributed by atoms with van der Waals surface area (Å²) in [7, 11) is 0. The van der Waals surface area contributed by atoms with E-state index >= 15 is 4.39 Å². The highest BCUT2D eigenvalue weighted by Crippen LogP contribution is 2.43. The van der Waals surface area contributed by atoms with Crippen LogP contribution in [-0.2, 0) is 0 Å². The first kappa shape index (κ1) is 26.7. The van der Waals surface area contributed by atoms with Crippen LogP contribution in [0.2, 0.25) is 5.02 Å². The van der Waals surface area contributed by atoms with Gasteiger partial charge in [-0.15, -0.1) is 0 Å². The van der Waals surface area contributed by atoms with Gasteiger partial charge in [0.05, 0.1) is 20.8 Å². The van der Waals surface area contributed by atoms with Crippen LogP contribution in [-0.4, -0.2) is 83.3 Å². The average Bonchev–Trinajstić information content (AvgIpc) is 3.67. The molecule has 0 radical (unpaired) electrons. The van der Waals surface area contributed by atoms with E-state index in [1.165, 1.54) is 12.1 Å². The Morgan fingerprint density at radius 1 is 1.07 bits per heavy atom. The zero-order valence-corrected chi connectivity index (χ0v) is 24.5. The van der Waals surface area contributed by atoms with Crippen LogP contribution in [0.15, 0.2) is 18.2 Å². The van der Waals surface area contributed by atoms with Gasteiger partial charge in [0.1, 0.15) is 23.8 Å². The van der Waals surface area contributed by atoms with Gasteiger partial charge in [0.15, 0.2) is 10.9 Å². The molecule has 2 aromatic carbocycles. The smallest absolute Gasteiger partial charge is 0.319 e. The Balaban J connectivity index is 1.27. The predicted molar refractivity (Wildman–Crippen MR) is 162 cm³/mol. The first-order valence-corrected chi connectivity index (χ1v) is 15.7. The molecule has 4 aromatic rings. The van der Waals surface area contributed by atoms with Gasteiger partial charge < -0.3 is 26.0 Å². The van der Waals surface area contributed by atoms with Crippen LogP contribution in [0.4, 0.5) is 19.7 Å². The summed E-state index contributed by atoms with van der Waals surface area (Å²) in [6, 6.07) is 5.12. The van der Waals surface area contributed by atoms with Gasteiger partial charge in [-0.2, -0.15) is 9.97 Å². The Labute approximate surface area is 250 Å². The first-order chi connectivity index (χ1) is 20.4. The Hall–Kier alpha value is -2.90. The zero-order chi connectivity index (χ0) is 28.6. The highest BCUT2D eigenvalue weighted by molar-refractivity contribution is 7.22. The second-order valence-corrected chi connectivity index (χ2v) is 13.4. The molecule has 4 saturated heterocycles. The quantitative estimate of drug-likeness (QED) is 0.306. The molecular weight excluding hydrogens is 582 g/mol. The molecule has 9 nitrogen and oxygen atoms in total. The third-order valence-corrected chi connectivity index (χ3v) is 10.5. The van der Waals surface area contributed by atoms with Crippen LogP contribution >= 0.6 is 22.9 Å². The van der Waals surface area contributed by atoms with E-state index in [1.54, 1.807) is 6.07 Å². The van der Waals surface area contributed by atoms with E-state index in [1.807, 2.05) is 0 Å². The van der Waals surface area contributed by atoms with Gasteiger partial charge in [-0.05, 0) is 57.0 Å². The van der Waals surface area contributed by atoms with Crippen LogP contribution in [0.3, 0.4) is 0 Å². The van der Waals surface area contributed by atoms with E-state index < -0.39 is 11.6 Å². The van der Waals surface area contributed by atoms with Crippen molar-refractivity contribution in [2.75, 3.05) is 56.5 Å². The van der Waals surface area contributed by atoms with E-state index in [-0.39, 0.29) is 55.1 Å². The number of ether oxygens (including phenoxy) is 1. The molecule has 0 aliphatic carbocycles. The summed E-state index contributed by atoms with van der Waals surface area (Å²) in [6.45, 7) is 5.70. The molecule has 220 valence electrons. The van der Waals surface area contributed by atoms with E-state index in [2.05, 4.69) is 30.4 Å². The van der Waals surface area contributed by atoms with E-state index in [0.717, 1.165) is 63.2 Å². The highest BCUT2D eigenvalue weighted by Gasteiger charge is 2.45. The minimum atomic E-state index is -0.621. The van der Waals surface area contributed by atoms with Crippen molar-refractivity contribution in [2.24, 2.45) is 0 Å². The van der Waals surface area contributed by atoms with Gasteiger partial charge >= 0.3 is 6.01 Å². The van der Waals surface area contributed by atoms with Crippen molar-refractivity contribution in [3.63, 3.8) is 0 Å². The standard InChI is InChI=1S/C29H31ClF2N8OS/c30-19-9-18-23(22(32)21(19)17-3-4-20(31)25-24(17)36-27(33)42-25)37-28(41-14-29-5-1-7-40(29)8-2-6-29)38-26(18)39-12-15-10-34-11-16(13-39)35-15/h3-4,9,15-16,34-35H,1-2,5-8,10-14H2,(H2,33,36). The van der Waals surface area contributed by atoms with Crippen molar-refractivity contribution in [3.8, 4) is 17.1 Å². The fourth-order valence-corrected chi connectivity index (χ4v) is 8.52. The molecule has 6 heterocycles. The molecule has 2 bridgehead atoms. The van der Waals surface area contributed by atoms with Crippen molar-refractivity contribution in [1.29, 1.82) is 0 Å². The molecule has 2 unspecified atom stereocenters. The summed E-state index contributed by atoms with van der Waals surface area (Å²) in [6.07, 6.45) is 4.45. The van der Waals surface area contributed by atoms with Crippen LogP contribution in [0.25, 0.3) is 32.2 Å². The zero-order valence-electron chi connectivity index (χ0n) is 22.9. The van der Waals surface area contributed by atoms with Crippen LogP contribution in [0.5, 0.6) is 6.01 Å². The Morgan fingerprint density at radius 3 is 2.60 bits per heavy atom. The molecular formula is C29H31ClF2N8OS. The van der Waals surface area contributed by atoms with Crippen LogP contribution in [0, 0.1) is 11.6 Å². The highest BCUT2D eigenvalue weighted by atomic mass is 35.5. The number of halogens is 3. The Bertz CT molecular complexity index is 1700. The molecule has 2 atom stereocenters. The lowest BCUT2D eigenvalue weighted by Crippen LogP contribution is -2.66. The number of hydrogen-bond donors (Lipinski definition) is 3. The van der Waals surface area contributed by atoms with Crippen molar-refractivity contribution < 1.29 is 13.5 Å². The predicted octanol–water partition coefficient (Wildman–Crippen LogP) is 4.18. The fraction of sp³-hybridized carbons (Fsp3) is 0.483. The minimum absolute atomic E-state index is 0.00973. The molecule has 0 spiro atoms. The number of rotatable bonds is 5. The van der Waals surface area contributed by atoms with Crippen LogP contribution < -0.4 is 26.0 Å². The second kappa shape index (κ2) is 10.1. The normalized spacial score (nSPS) is 23.6. The lowest BCUT2D eigenvalue weighted by molar-refractivity contribution is 0.108. The first-order valence-electron chi connectivity index (χ1n) is 14.5. The maximum Gasteiger partial charge on any atom is 0.319 e. The molecule has 4 aliphatic heterocycles. The maximum absolute atomic E-state index is 16.7. The number of nitrogens with one attached hydrogen (secondary N) is 2. The molecule has 0 amide bonds. The number of nitrogen functional groups attached to an aromatic ring is 1. The second-order valence-electron chi connectivity index (χ2n) is 11.9. The summed E-state index contributed by atoms with van der Waals surface area (Å²) in [5.74, 6) is -0.481. The number of thiazole rings is 1. The molecule has 42 heavy (non-hydrogen) atoms. The van der Waals surface area contributed by atoms with Crippen molar-refractivity contribution in [1.82, 2.24) is 30.5 Å².